The highest BCUT2D eigenvalue weighted by molar-refractivity contribution is 5.45. The van der Waals surface area contributed by atoms with Crippen molar-refractivity contribution >= 4 is 5.69 Å². The second-order valence-corrected chi connectivity index (χ2v) is 3.47. The van der Waals surface area contributed by atoms with Crippen LogP contribution in [0, 0.1) is 29.1 Å². The van der Waals surface area contributed by atoms with Gasteiger partial charge in [0.1, 0.15) is 0 Å². The SMILES string of the molecule is Fc1c(F)c(F)c([N+](F)(F)C(F)(F)C(F)(F)F)c(F)c1F. The van der Waals surface area contributed by atoms with E-state index in [2.05, 4.69) is 0 Å². The number of quaternary nitrogens is 1. The standard InChI is InChI=1S/C8F12N/c9-1-2(10)4(12)6(5(13)3(1)11)21(19,20)8(17,18)7(14,15)16/q+1. The van der Waals surface area contributed by atoms with E-state index in [0.29, 0.717) is 0 Å². The first-order valence-corrected chi connectivity index (χ1v) is 4.43. The molecule has 0 amide bonds. The van der Waals surface area contributed by atoms with E-state index in [1.807, 2.05) is 0 Å². The van der Waals surface area contributed by atoms with Crippen molar-refractivity contribution in [3.63, 3.8) is 0 Å². The third-order valence-corrected chi connectivity index (χ3v) is 2.16. The molecule has 0 N–H and O–H groups in total. The first-order valence-electron chi connectivity index (χ1n) is 4.43. The molecule has 120 valence electrons. The molecule has 0 aliphatic rings. The Kier molecular flexibility index (Phi) is 3.87. The Bertz CT molecular complexity index is 545. The minimum atomic E-state index is -7.13. The Hall–Kier alpha value is -1.66. The number of nitrogens with zero attached hydrogens (tertiary/aromatic N) is 1. The molecular formula is C8F12N+. The van der Waals surface area contributed by atoms with Gasteiger partial charge in [-0.2, -0.15) is 22.0 Å². The first-order chi connectivity index (χ1) is 9.18. The van der Waals surface area contributed by atoms with Gasteiger partial charge in [0.25, 0.3) is 5.69 Å². The number of hydrogen-bond donors (Lipinski definition) is 0. The molecule has 1 rings (SSSR count). The van der Waals surface area contributed by atoms with Crippen LogP contribution in [0.5, 0.6) is 0 Å². The number of alkyl halides is 5. The predicted octanol–water partition coefficient (Wildman–Crippen LogP) is 4.61. The first kappa shape index (κ1) is 17.4. The third kappa shape index (κ3) is 2.28. The van der Waals surface area contributed by atoms with Gasteiger partial charge in [0.2, 0.25) is 29.1 Å². The Morgan fingerprint density at radius 2 is 0.857 bits per heavy atom. The smallest absolute Gasteiger partial charge is 0.200 e. The van der Waals surface area contributed by atoms with Crippen molar-refractivity contribution in [1.82, 2.24) is 4.93 Å². The van der Waals surface area contributed by atoms with Crippen molar-refractivity contribution < 1.29 is 52.9 Å². The molecule has 0 aromatic heterocycles. The zero-order valence-corrected chi connectivity index (χ0v) is 8.98. The van der Waals surface area contributed by atoms with Crippen LogP contribution in [-0.4, -0.2) is 12.2 Å². The number of hydrogen-bond acceptors (Lipinski definition) is 0. The lowest BCUT2D eigenvalue weighted by atomic mass is 10.2. The van der Waals surface area contributed by atoms with Crippen LogP contribution < -0.4 is 4.93 Å². The average Bonchev–Trinajstić information content (AvgIpc) is 2.32. The summed E-state index contributed by atoms with van der Waals surface area (Å²) in [5.74, 6) is -16.2. The lowest BCUT2D eigenvalue weighted by Gasteiger charge is -2.24. The number of benzene rings is 1. The summed E-state index contributed by atoms with van der Waals surface area (Å²) in [5.41, 5.74) is -3.63. The highest BCUT2D eigenvalue weighted by atomic mass is 19.4. The molecule has 0 fully saturated rings. The quantitative estimate of drug-likeness (QED) is 0.243. The molecule has 21 heavy (non-hydrogen) atoms. The van der Waals surface area contributed by atoms with Crippen LogP contribution in [-0.2, 0) is 0 Å². The van der Waals surface area contributed by atoms with Crippen LogP contribution in [0.1, 0.15) is 0 Å². The largest absolute Gasteiger partial charge is 0.567 e. The number of rotatable bonds is 2. The van der Waals surface area contributed by atoms with E-state index >= 15 is 0 Å². The van der Waals surface area contributed by atoms with Crippen LogP contribution in [0.25, 0.3) is 0 Å². The van der Waals surface area contributed by atoms with Gasteiger partial charge >= 0.3 is 12.2 Å². The lowest BCUT2D eigenvalue weighted by molar-refractivity contribution is -0.419. The molecule has 0 aliphatic heterocycles. The van der Waals surface area contributed by atoms with Crippen molar-refractivity contribution in [2.24, 2.45) is 0 Å². The highest BCUT2D eigenvalue weighted by Gasteiger charge is 2.80. The molecular weight excluding hydrogens is 338 g/mol. The fraction of sp³-hybridized carbons (Fsp3) is 0.250. The van der Waals surface area contributed by atoms with E-state index in [0.717, 1.165) is 0 Å². The molecule has 0 heterocycles. The molecule has 1 nitrogen and oxygen atoms in total. The van der Waals surface area contributed by atoms with E-state index in [9.17, 15) is 52.9 Å². The van der Waals surface area contributed by atoms with Crippen molar-refractivity contribution in [2.75, 3.05) is 0 Å². The summed E-state index contributed by atoms with van der Waals surface area (Å²) < 4.78 is 150. The zero-order chi connectivity index (χ0) is 17.0. The molecule has 0 saturated carbocycles. The van der Waals surface area contributed by atoms with Crippen LogP contribution in [0.3, 0.4) is 0 Å². The molecule has 1 aromatic rings. The van der Waals surface area contributed by atoms with Crippen LogP contribution in [0.4, 0.5) is 58.6 Å². The van der Waals surface area contributed by atoms with Crippen LogP contribution >= 0.6 is 0 Å². The molecule has 0 spiro atoms. The second kappa shape index (κ2) is 4.68. The van der Waals surface area contributed by atoms with E-state index in [4.69, 9.17) is 0 Å². The summed E-state index contributed by atoms with van der Waals surface area (Å²) in [4.78, 5) is -5.94. The average molecular weight is 338 g/mol. The molecule has 1 aromatic carbocycles. The third-order valence-electron chi connectivity index (χ3n) is 2.16. The summed E-state index contributed by atoms with van der Waals surface area (Å²) in [6.45, 7) is 0. The molecule has 0 bridgehead atoms. The molecule has 13 heteroatoms. The minimum absolute atomic E-state index is 3.00. The maximum atomic E-state index is 13.0. The normalized spacial score (nSPS) is 13.7. The maximum Gasteiger partial charge on any atom is 0.567 e. The van der Waals surface area contributed by atoms with Gasteiger partial charge < -0.3 is 0 Å². The fourth-order valence-corrected chi connectivity index (χ4v) is 1.14. The van der Waals surface area contributed by atoms with Crippen LogP contribution in [0.2, 0.25) is 0 Å². The zero-order valence-electron chi connectivity index (χ0n) is 8.98. The van der Waals surface area contributed by atoms with Crippen molar-refractivity contribution in [3.8, 4) is 0 Å². The molecule has 0 saturated heterocycles. The van der Waals surface area contributed by atoms with Gasteiger partial charge in [0.05, 0.1) is 8.96 Å². The molecule has 0 radical (unpaired) electrons. The predicted molar refractivity (Wildman–Crippen MR) is 41.2 cm³/mol. The summed E-state index contributed by atoms with van der Waals surface area (Å²) in [6.07, 6.45) is -7.03. The van der Waals surface area contributed by atoms with Crippen molar-refractivity contribution in [1.29, 1.82) is 0 Å². The lowest BCUT2D eigenvalue weighted by Crippen LogP contribution is -2.58. The Balaban J connectivity index is 3.76. The van der Waals surface area contributed by atoms with Gasteiger partial charge in [-0.15, -0.1) is 8.78 Å². The summed E-state index contributed by atoms with van der Waals surface area (Å²) in [5, 5.41) is 0. The number of halogens is 12. The van der Waals surface area contributed by atoms with E-state index in [-0.39, 0.29) is 0 Å². The summed E-state index contributed by atoms with van der Waals surface area (Å²) in [6, 6.07) is -7.13. The molecule has 0 unspecified atom stereocenters. The second-order valence-electron chi connectivity index (χ2n) is 3.47. The summed E-state index contributed by atoms with van der Waals surface area (Å²) in [7, 11) is 0. The van der Waals surface area contributed by atoms with E-state index in [1.54, 1.807) is 0 Å². The van der Waals surface area contributed by atoms with Gasteiger partial charge in [-0.25, -0.2) is 13.2 Å². The van der Waals surface area contributed by atoms with Crippen molar-refractivity contribution in [3.05, 3.63) is 29.1 Å². The summed E-state index contributed by atoms with van der Waals surface area (Å²) >= 11 is 0. The van der Waals surface area contributed by atoms with Gasteiger partial charge in [0, 0.05) is 0 Å². The Morgan fingerprint density at radius 1 is 0.571 bits per heavy atom. The van der Waals surface area contributed by atoms with Crippen molar-refractivity contribution in [2.45, 2.75) is 12.2 Å². The van der Waals surface area contributed by atoms with Gasteiger partial charge in [0.15, 0.2) is 4.93 Å². The van der Waals surface area contributed by atoms with Gasteiger partial charge in [-0.3, -0.25) is 0 Å². The van der Waals surface area contributed by atoms with Gasteiger partial charge in [-0.05, 0) is 0 Å². The highest BCUT2D eigenvalue weighted by Crippen LogP contribution is 2.49. The van der Waals surface area contributed by atoms with E-state index in [1.165, 1.54) is 0 Å². The topological polar surface area (TPSA) is 0 Å². The Morgan fingerprint density at radius 3 is 1.14 bits per heavy atom. The monoisotopic (exact) mass is 338 g/mol. The van der Waals surface area contributed by atoms with Gasteiger partial charge in [-0.1, -0.05) is 0 Å². The molecule has 0 aliphatic carbocycles. The fourth-order valence-electron chi connectivity index (χ4n) is 1.14. The molecule has 0 atom stereocenters. The van der Waals surface area contributed by atoms with Crippen LogP contribution in [0.15, 0.2) is 0 Å². The minimum Gasteiger partial charge on any atom is -0.200 e. The Labute approximate surface area is 106 Å². The van der Waals surface area contributed by atoms with E-state index < -0.39 is 51.9 Å². The maximum absolute atomic E-state index is 13.0.